The Kier molecular flexibility index (Phi) is 3.98. The number of rotatable bonds is 4. The highest BCUT2D eigenvalue weighted by molar-refractivity contribution is 7.09. The molecule has 1 fully saturated rings. The molecule has 4 nitrogen and oxygen atoms in total. The van der Waals surface area contributed by atoms with Crippen LogP contribution in [-0.2, 0) is 6.54 Å². The predicted octanol–water partition coefficient (Wildman–Crippen LogP) is 2.94. The van der Waals surface area contributed by atoms with Crippen LogP contribution in [0.1, 0.15) is 29.3 Å². The van der Waals surface area contributed by atoms with Crippen molar-refractivity contribution in [3.05, 3.63) is 40.5 Å². The Morgan fingerprint density at radius 1 is 1.45 bits per heavy atom. The topological polar surface area (TPSA) is 32.3 Å². The SMILES string of the molecule is CN(C)c1cc([C@H]2CCCN2Cc2cncs2)ccn1. The van der Waals surface area contributed by atoms with Gasteiger partial charge in [0.2, 0.25) is 0 Å². The van der Waals surface area contributed by atoms with Gasteiger partial charge < -0.3 is 4.90 Å². The van der Waals surface area contributed by atoms with Gasteiger partial charge in [0.15, 0.2) is 0 Å². The third kappa shape index (κ3) is 2.83. The number of thiazole rings is 1. The van der Waals surface area contributed by atoms with Crippen LogP contribution in [0.2, 0.25) is 0 Å². The van der Waals surface area contributed by atoms with Crippen molar-refractivity contribution in [1.29, 1.82) is 0 Å². The van der Waals surface area contributed by atoms with Gasteiger partial charge in [-0.25, -0.2) is 4.98 Å². The quantitative estimate of drug-likeness (QED) is 0.866. The summed E-state index contributed by atoms with van der Waals surface area (Å²) in [5.74, 6) is 1.03. The largest absolute Gasteiger partial charge is 0.363 e. The van der Waals surface area contributed by atoms with Crippen LogP contribution < -0.4 is 4.90 Å². The number of hydrogen-bond donors (Lipinski definition) is 0. The van der Waals surface area contributed by atoms with Gasteiger partial charge in [-0.3, -0.25) is 9.88 Å². The molecule has 0 aliphatic carbocycles. The molecule has 106 valence electrons. The summed E-state index contributed by atoms with van der Waals surface area (Å²) in [5, 5.41) is 0. The van der Waals surface area contributed by atoms with E-state index >= 15 is 0 Å². The second-order valence-electron chi connectivity index (χ2n) is 5.44. The van der Waals surface area contributed by atoms with Crippen molar-refractivity contribution in [1.82, 2.24) is 14.9 Å². The van der Waals surface area contributed by atoms with E-state index in [1.165, 1.54) is 29.8 Å². The fraction of sp³-hybridized carbons (Fsp3) is 0.467. The third-order valence-corrected chi connectivity index (χ3v) is 4.58. The van der Waals surface area contributed by atoms with E-state index in [1.54, 1.807) is 11.3 Å². The Bertz CT molecular complexity index is 553. The van der Waals surface area contributed by atoms with Crippen molar-refractivity contribution in [2.45, 2.75) is 25.4 Å². The fourth-order valence-corrected chi connectivity index (χ4v) is 3.42. The molecule has 20 heavy (non-hydrogen) atoms. The summed E-state index contributed by atoms with van der Waals surface area (Å²) < 4.78 is 0. The molecule has 1 atom stereocenters. The first-order valence-electron chi connectivity index (χ1n) is 6.99. The molecular formula is C15H20N4S. The van der Waals surface area contributed by atoms with E-state index in [0.29, 0.717) is 6.04 Å². The van der Waals surface area contributed by atoms with E-state index in [9.17, 15) is 0 Å². The molecule has 0 aromatic carbocycles. The molecule has 0 saturated carbocycles. The minimum atomic E-state index is 0.513. The smallest absolute Gasteiger partial charge is 0.128 e. The molecule has 0 bridgehead atoms. The van der Waals surface area contributed by atoms with Crippen LogP contribution in [0.3, 0.4) is 0 Å². The summed E-state index contributed by atoms with van der Waals surface area (Å²) in [4.78, 5) is 14.6. The first kappa shape index (κ1) is 13.5. The Balaban J connectivity index is 1.79. The van der Waals surface area contributed by atoms with Gasteiger partial charge in [-0.15, -0.1) is 11.3 Å². The molecule has 1 aliphatic heterocycles. The highest BCUT2D eigenvalue weighted by Crippen LogP contribution is 2.34. The van der Waals surface area contributed by atoms with Gasteiger partial charge in [0.05, 0.1) is 5.51 Å². The van der Waals surface area contributed by atoms with E-state index in [0.717, 1.165) is 12.4 Å². The van der Waals surface area contributed by atoms with Crippen LogP contribution in [0.4, 0.5) is 5.82 Å². The number of pyridine rings is 1. The summed E-state index contributed by atoms with van der Waals surface area (Å²) in [5.41, 5.74) is 3.29. The second kappa shape index (κ2) is 5.89. The van der Waals surface area contributed by atoms with E-state index in [1.807, 2.05) is 32.0 Å². The predicted molar refractivity (Wildman–Crippen MR) is 83.1 cm³/mol. The van der Waals surface area contributed by atoms with Crippen molar-refractivity contribution >= 4 is 17.2 Å². The average Bonchev–Trinajstić information content (AvgIpc) is 3.11. The maximum Gasteiger partial charge on any atom is 0.128 e. The molecule has 2 aromatic rings. The number of likely N-dealkylation sites (tertiary alicyclic amines) is 1. The summed E-state index contributed by atoms with van der Waals surface area (Å²) in [7, 11) is 4.08. The molecule has 0 amide bonds. The lowest BCUT2D eigenvalue weighted by Crippen LogP contribution is -2.22. The first-order valence-corrected chi connectivity index (χ1v) is 7.86. The number of hydrogen-bond acceptors (Lipinski definition) is 5. The minimum Gasteiger partial charge on any atom is -0.363 e. The Labute approximate surface area is 124 Å². The molecule has 0 radical (unpaired) electrons. The van der Waals surface area contributed by atoms with Gasteiger partial charge in [0.25, 0.3) is 0 Å². The van der Waals surface area contributed by atoms with Crippen LogP contribution in [0, 0.1) is 0 Å². The van der Waals surface area contributed by atoms with Crippen molar-refractivity contribution < 1.29 is 0 Å². The Morgan fingerprint density at radius 3 is 3.10 bits per heavy atom. The van der Waals surface area contributed by atoms with Crippen LogP contribution in [0.25, 0.3) is 0 Å². The molecule has 5 heteroatoms. The van der Waals surface area contributed by atoms with Gasteiger partial charge in [0.1, 0.15) is 5.82 Å². The summed E-state index contributed by atoms with van der Waals surface area (Å²) in [6.07, 6.45) is 6.41. The Morgan fingerprint density at radius 2 is 2.35 bits per heavy atom. The molecule has 3 rings (SSSR count). The second-order valence-corrected chi connectivity index (χ2v) is 6.41. The highest BCUT2D eigenvalue weighted by atomic mass is 32.1. The van der Waals surface area contributed by atoms with Crippen LogP contribution >= 0.6 is 11.3 Å². The van der Waals surface area contributed by atoms with Gasteiger partial charge in [-0.1, -0.05) is 0 Å². The zero-order chi connectivity index (χ0) is 13.9. The molecule has 2 aromatic heterocycles. The zero-order valence-electron chi connectivity index (χ0n) is 12.0. The molecule has 3 heterocycles. The maximum absolute atomic E-state index is 4.41. The number of aromatic nitrogens is 2. The van der Waals surface area contributed by atoms with Crippen molar-refractivity contribution in [2.75, 3.05) is 25.5 Å². The van der Waals surface area contributed by atoms with Crippen LogP contribution in [0.5, 0.6) is 0 Å². The van der Waals surface area contributed by atoms with E-state index in [4.69, 9.17) is 0 Å². The first-order chi connectivity index (χ1) is 9.74. The monoisotopic (exact) mass is 288 g/mol. The van der Waals surface area contributed by atoms with E-state index in [2.05, 4.69) is 31.9 Å². The molecule has 0 N–H and O–H groups in total. The van der Waals surface area contributed by atoms with Crippen LogP contribution in [0.15, 0.2) is 30.0 Å². The van der Waals surface area contributed by atoms with Crippen molar-refractivity contribution in [2.24, 2.45) is 0 Å². The summed E-state index contributed by atoms with van der Waals surface area (Å²) in [6.45, 7) is 2.18. The third-order valence-electron chi connectivity index (χ3n) is 3.82. The summed E-state index contributed by atoms with van der Waals surface area (Å²) in [6, 6.07) is 4.89. The lowest BCUT2D eigenvalue weighted by atomic mass is 10.1. The zero-order valence-corrected chi connectivity index (χ0v) is 12.8. The normalized spacial score (nSPS) is 19.4. The highest BCUT2D eigenvalue weighted by Gasteiger charge is 2.26. The Hall–Kier alpha value is -1.46. The van der Waals surface area contributed by atoms with Crippen molar-refractivity contribution in [3.63, 3.8) is 0 Å². The van der Waals surface area contributed by atoms with E-state index < -0.39 is 0 Å². The number of anilines is 1. The molecule has 0 spiro atoms. The standard InChI is InChI=1S/C15H20N4S/c1-18(2)15-8-12(5-6-17-15)14-4-3-7-19(14)10-13-9-16-11-20-13/h5-6,8-9,11,14H,3-4,7,10H2,1-2H3/t14-/m1/s1. The maximum atomic E-state index is 4.41. The number of nitrogens with zero attached hydrogens (tertiary/aromatic N) is 4. The lowest BCUT2D eigenvalue weighted by Gasteiger charge is -2.25. The molecular weight excluding hydrogens is 268 g/mol. The molecule has 1 aliphatic rings. The van der Waals surface area contributed by atoms with Gasteiger partial charge in [0, 0.05) is 44.0 Å². The molecule has 1 saturated heterocycles. The van der Waals surface area contributed by atoms with Crippen molar-refractivity contribution in [3.8, 4) is 0 Å². The minimum absolute atomic E-state index is 0.513. The van der Waals surface area contributed by atoms with Gasteiger partial charge in [-0.2, -0.15) is 0 Å². The van der Waals surface area contributed by atoms with E-state index in [-0.39, 0.29) is 0 Å². The average molecular weight is 288 g/mol. The molecule has 0 unspecified atom stereocenters. The van der Waals surface area contributed by atoms with Gasteiger partial charge >= 0.3 is 0 Å². The fourth-order valence-electron chi connectivity index (χ4n) is 2.80. The van der Waals surface area contributed by atoms with Gasteiger partial charge in [-0.05, 0) is 37.1 Å². The lowest BCUT2D eigenvalue weighted by molar-refractivity contribution is 0.250. The van der Waals surface area contributed by atoms with Crippen LogP contribution in [-0.4, -0.2) is 35.5 Å². The summed E-state index contributed by atoms with van der Waals surface area (Å²) >= 11 is 1.74.